The van der Waals surface area contributed by atoms with E-state index >= 15 is 0 Å². The zero-order valence-electron chi connectivity index (χ0n) is 7.70. The zero-order chi connectivity index (χ0) is 6.50. The van der Waals surface area contributed by atoms with Crippen molar-refractivity contribution in [3.63, 3.8) is 0 Å². The van der Waals surface area contributed by atoms with E-state index in [9.17, 15) is 0 Å². The molecule has 15 N–H and O–H groups in total. The Kier molecular flexibility index (Phi) is 490. The molecule has 12 nitrogen and oxygen atoms in total. The van der Waals surface area contributed by atoms with Gasteiger partial charge >= 0.3 is 19.5 Å². The van der Waals surface area contributed by atoms with Gasteiger partial charge in [-0.05, 0) is 0 Å². The van der Waals surface area contributed by atoms with Crippen molar-refractivity contribution in [3.8, 4) is 0 Å². The second-order valence-corrected chi connectivity index (χ2v) is 1.22. The summed E-state index contributed by atoms with van der Waals surface area (Å²) in [7, 11) is -4.17. The molecule has 0 spiro atoms. The third-order valence-corrected chi connectivity index (χ3v) is 0. The maximum Gasteiger partial charge on any atom is 2.00 e. The van der Waals surface area contributed by atoms with Crippen LogP contribution in [0.5, 0.6) is 0 Å². The fourth-order valence-electron chi connectivity index (χ4n) is 0. The standard InChI is InChI=1S/CH4O.H2O4S.7H2O.Zn/c1-2;1-5(2,3)4;;;;;;;;/h2H,1H3;(H2,1,2,3,4);7*1H2;/q;;;;;;;;;+2/p-2. The quantitative estimate of drug-likeness (QED) is 0.257. The van der Waals surface area contributed by atoms with Crippen molar-refractivity contribution in [1.82, 2.24) is 0 Å². The molecule has 14 heteroatoms. The Bertz CT molecular complexity index is 98.8. The first kappa shape index (κ1) is 114. The summed E-state index contributed by atoms with van der Waals surface area (Å²) in [5, 5.41) is 7.00. The van der Waals surface area contributed by atoms with Gasteiger partial charge in [-0.2, -0.15) is 0 Å². The van der Waals surface area contributed by atoms with Crippen LogP contribution in [0.3, 0.4) is 0 Å². The molecule has 0 rings (SSSR count). The minimum absolute atomic E-state index is 0. The van der Waals surface area contributed by atoms with Gasteiger partial charge in [0.1, 0.15) is 0 Å². The Hall–Kier alpha value is 0.173. The van der Waals surface area contributed by atoms with Crippen molar-refractivity contribution in [2.24, 2.45) is 0 Å². The van der Waals surface area contributed by atoms with Crippen LogP contribution in [0.1, 0.15) is 0 Å². The van der Waals surface area contributed by atoms with Crippen molar-refractivity contribution in [1.29, 1.82) is 0 Å². The van der Waals surface area contributed by atoms with Crippen molar-refractivity contribution >= 4 is 10.4 Å². The Morgan fingerprint density at radius 2 is 0.733 bits per heavy atom. The maximum absolute atomic E-state index is 8.52. The van der Waals surface area contributed by atoms with Crippen LogP contribution in [0.15, 0.2) is 0 Å². The van der Waals surface area contributed by atoms with Crippen molar-refractivity contribution in [2.45, 2.75) is 0 Å². The van der Waals surface area contributed by atoms with E-state index in [2.05, 4.69) is 0 Å². The van der Waals surface area contributed by atoms with Gasteiger partial charge in [-0.1, -0.05) is 0 Å². The van der Waals surface area contributed by atoms with Gasteiger partial charge < -0.3 is 52.5 Å². The van der Waals surface area contributed by atoms with E-state index in [4.69, 9.17) is 22.6 Å². The van der Waals surface area contributed by atoms with Crippen molar-refractivity contribution < 1.29 is 80.4 Å². The molecular weight excluding hydrogens is 301 g/mol. The molecule has 0 saturated heterocycles. The smallest absolute Gasteiger partial charge is 0.759 e. The normalized spacial score (nSPS) is 4.27. The SMILES string of the molecule is CO.O.O.O.O.O.O.O.O=S(=O)([O-])[O-].[Zn+2]. The summed E-state index contributed by atoms with van der Waals surface area (Å²) in [4.78, 5) is 0. The monoisotopic (exact) mass is 318 g/mol. The van der Waals surface area contributed by atoms with Crippen LogP contribution in [0.2, 0.25) is 0 Å². The summed E-state index contributed by atoms with van der Waals surface area (Å²) in [5.41, 5.74) is 0. The zero-order valence-corrected chi connectivity index (χ0v) is 11.5. The number of aliphatic hydroxyl groups is 1. The minimum Gasteiger partial charge on any atom is -0.759 e. The molecular formula is CH18O12SZn. The number of rotatable bonds is 0. The predicted octanol–water partition coefficient (Wildman–Crippen LogP) is -7.50. The van der Waals surface area contributed by atoms with Crippen LogP contribution in [0.25, 0.3) is 0 Å². The van der Waals surface area contributed by atoms with Gasteiger partial charge in [0.25, 0.3) is 0 Å². The summed E-state index contributed by atoms with van der Waals surface area (Å²) in [6, 6.07) is 0. The van der Waals surface area contributed by atoms with E-state index in [-0.39, 0.29) is 57.8 Å². The van der Waals surface area contributed by atoms with Crippen LogP contribution in [0.4, 0.5) is 0 Å². The summed E-state index contributed by atoms with van der Waals surface area (Å²) in [6.07, 6.45) is 0. The number of hydrogen-bond donors (Lipinski definition) is 1. The molecule has 0 bridgehead atoms. The van der Waals surface area contributed by atoms with E-state index in [0.717, 1.165) is 7.11 Å². The molecule has 0 aliphatic rings. The molecule has 0 radical (unpaired) electrons. The van der Waals surface area contributed by atoms with E-state index in [1.54, 1.807) is 0 Å². The van der Waals surface area contributed by atoms with Crippen LogP contribution >= 0.6 is 0 Å². The van der Waals surface area contributed by atoms with Gasteiger partial charge in [-0.3, -0.25) is 8.42 Å². The Morgan fingerprint density at radius 1 is 0.733 bits per heavy atom. The molecule has 0 aromatic carbocycles. The largest absolute Gasteiger partial charge is 2.00 e. The second kappa shape index (κ2) is 64.5. The minimum atomic E-state index is -5.17. The summed E-state index contributed by atoms with van der Waals surface area (Å²) in [5.74, 6) is 0. The topological polar surface area (TPSA) is 321 Å². The summed E-state index contributed by atoms with van der Waals surface area (Å²) >= 11 is 0. The van der Waals surface area contributed by atoms with E-state index < -0.39 is 10.4 Å². The first-order chi connectivity index (χ1) is 3.00. The van der Waals surface area contributed by atoms with Crippen LogP contribution in [-0.2, 0) is 29.9 Å². The number of aliphatic hydroxyl groups excluding tert-OH is 1. The van der Waals surface area contributed by atoms with Gasteiger partial charge in [-0.15, -0.1) is 0 Å². The molecule has 0 aliphatic heterocycles. The molecule has 0 heterocycles. The molecule has 0 unspecified atom stereocenters. The molecule has 0 aromatic heterocycles. The Balaban J connectivity index is -0.00000000298. The van der Waals surface area contributed by atoms with Gasteiger partial charge in [-0.25, -0.2) is 0 Å². The first-order valence-corrected chi connectivity index (χ1v) is 2.45. The maximum atomic E-state index is 8.52. The third kappa shape index (κ3) is 69900. The Morgan fingerprint density at radius 3 is 0.733 bits per heavy atom. The molecule has 0 amide bonds. The van der Waals surface area contributed by atoms with Crippen molar-refractivity contribution in [2.75, 3.05) is 7.11 Å². The van der Waals surface area contributed by atoms with E-state index in [0.29, 0.717) is 0 Å². The first-order valence-electron chi connectivity index (χ1n) is 1.11. The van der Waals surface area contributed by atoms with Gasteiger partial charge in [0.2, 0.25) is 0 Å². The molecule has 0 atom stereocenters. The van der Waals surface area contributed by atoms with Gasteiger partial charge in [0.05, 0.1) is 0 Å². The fraction of sp³-hybridized carbons (Fsp3) is 1.00. The van der Waals surface area contributed by atoms with Crippen molar-refractivity contribution in [3.05, 3.63) is 0 Å². The predicted molar refractivity (Wildman–Crippen MR) is 43.9 cm³/mol. The molecule has 0 saturated carbocycles. The van der Waals surface area contributed by atoms with Crippen LogP contribution < -0.4 is 0 Å². The van der Waals surface area contributed by atoms with Crippen LogP contribution in [0, 0.1) is 0 Å². The fourth-order valence-corrected chi connectivity index (χ4v) is 0. The summed E-state index contributed by atoms with van der Waals surface area (Å²) in [6.45, 7) is 0. The van der Waals surface area contributed by atoms with Gasteiger partial charge in [0.15, 0.2) is 0 Å². The molecule has 15 heavy (non-hydrogen) atoms. The summed E-state index contributed by atoms with van der Waals surface area (Å²) < 4.78 is 34.1. The Labute approximate surface area is 98.4 Å². The average molecular weight is 320 g/mol. The number of hydrogen-bond acceptors (Lipinski definition) is 5. The van der Waals surface area contributed by atoms with Crippen LogP contribution in [-0.4, -0.2) is 68.1 Å². The third-order valence-electron chi connectivity index (χ3n) is 0. The van der Waals surface area contributed by atoms with Gasteiger partial charge in [0, 0.05) is 17.5 Å². The molecule has 102 valence electrons. The second-order valence-electron chi connectivity index (χ2n) is 0.408. The van der Waals surface area contributed by atoms with E-state index in [1.165, 1.54) is 0 Å². The average Bonchev–Trinajstić information content (AvgIpc) is 1.36. The molecule has 0 fully saturated rings. The molecule has 0 aliphatic carbocycles. The van der Waals surface area contributed by atoms with E-state index in [1.807, 2.05) is 0 Å². The molecule has 0 aromatic rings.